The van der Waals surface area contributed by atoms with E-state index in [1.165, 1.54) is 16.8 Å². The van der Waals surface area contributed by atoms with E-state index < -0.39 is 0 Å². The number of para-hydroxylation sites is 1. The number of anilines is 3. The Hall–Kier alpha value is -2.95. The Bertz CT molecular complexity index is 834. The van der Waals surface area contributed by atoms with Crippen molar-refractivity contribution in [2.24, 2.45) is 0 Å². The van der Waals surface area contributed by atoms with Crippen molar-refractivity contribution in [3.8, 4) is 0 Å². The molecule has 0 atom stereocenters. The lowest BCUT2D eigenvalue weighted by Crippen LogP contribution is -2.25. The third-order valence-corrected chi connectivity index (χ3v) is 4.47. The maximum absolute atomic E-state index is 4.72. The summed E-state index contributed by atoms with van der Waals surface area (Å²) < 4.78 is 0. The number of hydrogen-bond acceptors (Lipinski definition) is 5. The molecule has 2 aromatic heterocycles. The second-order valence-corrected chi connectivity index (χ2v) is 6.15. The predicted octanol–water partition coefficient (Wildman–Crippen LogP) is 3.61. The van der Waals surface area contributed by atoms with E-state index in [0.717, 1.165) is 38.2 Å². The average Bonchev–Trinajstić information content (AvgIpc) is 2.69. The smallest absolute Gasteiger partial charge is 0.224 e. The van der Waals surface area contributed by atoms with Crippen LogP contribution in [0.3, 0.4) is 0 Å². The zero-order chi connectivity index (χ0) is 16.9. The Morgan fingerprint density at radius 3 is 2.80 bits per heavy atom. The van der Waals surface area contributed by atoms with Crippen molar-refractivity contribution < 1.29 is 0 Å². The monoisotopic (exact) mass is 331 g/mol. The van der Waals surface area contributed by atoms with Crippen molar-refractivity contribution in [2.45, 2.75) is 19.3 Å². The van der Waals surface area contributed by atoms with E-state index in [2.05, 4.69) is 44.5 Å². The van der Waals surface area contributed by atoms with Crippen molar-refractivity contribution in [3.63, 3.8) is 0 Å². The average molecular weight is 331 g/mol. The molecule has 0 fully saturated rings. The maximum Gasteiger partial charge on any atom is 0.224 e. The van der Waals surface area contributed by atoms with E-state index in [1.807, 2.05) is 36.8 Å². The fourth-order valence-electron chi connectivity index (χ4n) is 3.22. The molecule has 0 bridgehead atoms. The van der Waals surface area contributed by atoms with Gasteiger partial charge < -0.3 is 10.2 Å². The van der Waals surface area contributed by atoms with Gasteiger partial charge >= 0.3 is 0 Å². The lowest BCUT2D eigenvalue weighted by molar-refractivity contribution is 0.758. The van der Waals surface area contributed by atoms with Gasteiger partial charge in [0.15, 0.2) is 0 Å². The van der Waals surface area contributed by atoms with Crippen molar-refractivity contribution in [3.05, 3.63) is 72.2 Å². The van der Waals surface area contributed by atoms with Crippen molar-refractivity contribution in [2.75, 3.05) is 23.3 Å². The number of nitrogens with zero attached hydrogens (tertiary/aromatic N) is 4. The molecule has 1 aliphatic heterocycles. The van der Waals surface area contributed by atoms with Gasteiger partial charge in [0.25, 0.3) is 0 Å². The minimum absolute atomic E-state index is 0.676. The minimum Gasteiger partial charge on any atom is -0.354 e. The van der Waals surface area contributed by atoms with Crippen LogP contribution in [0.25, 0.3) is 0 Å². The molecule has 0 saturated heterocycles. The third-order valence-electron chi connectivity index (χ3n) is 4.47. The van der Waals surface area contributed by atoms with Gasteiger partial charge in [0.1, 0.15) is 5.82 Å². The number of benzene rings is 1. The van der Waals surface area contributed by atoms with Gasteiger partial charge in [0, 0.05) is 37.4 Å². The molecular weight excluding hydrogens is 310 g/mol. The van der Waals surface area contributed by atoms with Gasteiger partial charge in [0.2, 0.25) is 5.95 Å². The number of nitrogens with one attached hydrogen (secondary N) is 1. The highest BCUT2D eigenvalue weighted by atomic mass is 15.2. The standard InChI is InChI=1S/C20H21N5/c1-2-6-18-17(4-1)5-3-15-25(18)19-10-14-23-20(24-19)22-13-9-16-7-11-21-12-8-16/h1-2,4,6-8,10-12,14H,3,5,9,13,15H2,(H,22,23,24). The van der Waals surface area contributed by atoms with Crippen molar-refractivity contribution >= 4 is 17.5 Å². The summed E-state index contributed by atoms with van der Waals surface area (Å²) in [5, 5.41) is 3.33. The topological polar surface area (TPSA) is 53.9 Å². The van der Waals surface area contributed by atoms with E-state index >= 15 is 0 Å². The van der Waals surface area contributed by atoms with Crippen LogP contribution in [0.15, 0.2) is 61.1 Å². The molecule has 0 unspecified atom stereocenters. The van der Waals surface area contributed by atoms with E-state index in [1.54, 1.807) is 0 Å². The molecule has 0 radical (unpaired) electrons. The fourth-order valence-corrected chi connectivity index (χ4v) is 3.22. The van der Waals surface area contributed by atoms with Crippen LogP contribution in [-0.2, 0) is 12.8 Å². The first-order valence-electron chi connectivity index (χ1n) is 8.71. The minimum atomic E-state index is 0.676. The number of hydrogen-bond donors (Lipinski definition) is 1. The molecule has 1 aliphatic rings. The molecule has 25 heavy (non-hydrogen) atoms. The van der Waals surface area contributed by atoms with Crippen molar-refractivity contribution in [1.29, 1.82) is 0 Å². The first-order valence-corrected chi connectivity index (χ1v) is 8.71. The molecule has 1 aromatic carbocycles. The van der Waals surface area contributed by atoms with Crippen LogP contribution in [0, 0.1) is 0 Å². The van der Waals surface area contributed by atoms with E-state index in [4.69, 9.17) is 4.98 Å². The zero-order valence-electron chi connectivity index (χ0n) is 14.1. The molecule has 3 heterocycles. The Kier molecular flexibility index (Phi) is 4.55. The van der Waals surface area contributed by atoms with Gasteiger partial charge in [0.05, 0.1) is 0 Å². The van der Waals surface area contributed by atoms with Crippen LogP contribution < -0.4 is 10.2 Å². The first-order chi connectivity index (χ1) is 12.4. The molecule has 1 N–H and O–H groups in total. The van der Waals surface area contributed by atoms with Crippen LogP contribution in [0.1, 0.15) is 17.5 Å². The molecule has 3 aromatic rings. The zero-order valence-corrected chi connectivity index (χ0v) is 14.1. The largest absolute Gasteiger partial charge is 0.354 e. The molecular formula is C20H21N5. The second kappa shape index (κ2) is 7.30. The Labute approximate surface area is 147 Å². The molecule has 126 valence electrons. The van der Waals surface area contributed by atoms with E-state index in [-0.39, 0.29) is 0 Å². The summed E-state index contributed by atoms with van der Waals surface area (Å²) in [5.41, 5.74) is 3.90. The molecule has 4 rings (SSSR count). The summed E-state index contributed by atoms with van der Waals surface area (Å²) in [6.07, 6.45) is 8.66. The third kappa shape index (κ3) is 3.60. The molecule has 0 spiro atoms. The lowest BCUT2D eigenvalue weighted by Gasteiger charge is -2.30. The molecule has 0 aliphatic carbocycles. The van der Waals surface area contributed by atoms with Gasteiger partial charge in [-0.15, -0.1) is 0 Å². The summed E-state index contributed by atoms with van der Waals surface area (Å²) in [7, 11) is 0. The number of fused-ring (bicyclic) bond motifs is 1. The quantitative estimate of drug-likeness (QED) is 0.774. The number of aryl methyl sites for hydroxylation is 1. The van der Waals surface area contributed by atoms with Gasteiger partial charge in [-0.2, -0.15) is 4.98 Å². The summed E-state index contributed by atoms with van der Waals surface area (Å²) in [4.78, 5) is 15.4. The molecule has 5 heteroatoms. The fraction of sp³-hybridized carbons (Fsp3) is 0.250. The summed E-state index contributed by atoms with van der Waals surface area (Å²) in [6, 6.07) is 14.6. The van der Waals surface area contributed by atoms with Gasteiger partial charge in [-0.25, -0.2) is 4.98 Å². The number of aromatic nitrogens is 3. The molecule has 0 saturated carbocycles. The van der Waals surface area contributed by atoms with Crippen LogP contribution in [-0.4, -0.2) is 28.0 Å². The lowest BCUT2D eigenvalue weighted by atomic mass is 10.0. The van der Waals surface area contributed by atoms with E-state index in [9.17, 15) is 0 Å². The molecule has 5 nitrogen and oxygen atoms in total. The highest BCUT2D eigenvalue weighted by molar-refractivity contribution is 5.65. The summed E-state index contributed by atoms with van der Waals surface area (Å²) in [5.74, 6) is 1.63. The van der Waals surface area contributed by atoms with Crippen LogP contribution in [0.5, 0.6) is 0 Å². The van der Waals surface area contributed by atoms with Gasteiger partial charge in [-0.05, 0) is 54.7 Å². The van der Waals surface area contributed by atoms with Gasteiger partial charge in [-0.1, -0.05) is 18.2 Å². The Morgan fingerprint density at radius 1 is 1.00 bits per heavy atom. The maximum atomic E-state index is 4.72. The highest BCUT2D eigenvalue weighted by Gasteiger charge is 2.18. The van der Waals surface area contributed by atoms with Crippen molar-refractivity contribution in [1.82, 2.24) is 15.0 Å². The normalized spacial score (nSPS) is 13.4. The SMILES string of the molecule is c1ccc2c(c1)CCCN2c1ccnc(NCCc2ccncc2)n1. The van der Waals surface area contributed by atoms with Crippen LogP contribution in [0.4, 0.5) is 17.5 Å². The first kappa shape index (κ1) is 15.6. The highest BCUT2D eigenvalue weighted by Crippen LogP contribution is 2.32. The Morgan fingerprint density at radius 2 is 1.88 bits per heavy atom. The van der Waals surface area contributed by atoms with E-state index in [0.29, 0.717) is 5.95 Å². The van der Waals surface area contributed by atoms with Crippen LogP contribution in [0.2, 0.25) is 0 Å². The summed E-state index contributed by atoms with van der Waals surface area (Å²) >= 11 is 0. The molecule has 0 amide bonds. The van der Waals surface area contributed by atoms with Gasteiger partial charge in [-0.3, -0.25) is 4.98 Å². The number of pyridine rings is 1. The predicted molar refractivity (Wildman–Crippen MR) is 100 cm³/mol. The number of rotatable bonds is 5. The summed E-state index contributed by atoms with van der Waals surface area (Å²) in [6.45, 7) is 1.79. The second-order valence-electron chi connectivity index (χ2n) is 6.15. The van der Waals surface area contributed by atoms with Crippen LogP contribution >= 0.6 is 0 Å². The Balaban J connectivity index is 1.47.